The van der Waals surface area contributed by atoms with Crippen molar-refractivity contribution >= 4 is 11.9 Å². The molecule has 0 aromatic heterocycles. The Morgan fingerprint density at radius 1 is 1.42 bits per heavy atom. The fourth-order valence-corrected chi connectivity index (χ4v) is 3.67. The van der Waals surface area contributed by atoms with E-state index in [9.17, 15) is 9.59 Å². The summed E-state index contributed by atoms with van der Waals surface area (Å²) in [6.07, 6.45) is 4.67. The predicted octanol–water partition coefficient (Wildman–Crippen LogP) is 1.13. The fraction of sp³-hybridized carbons (Fsp3) is 0.714. The Balaban J connectivity index is 2.33. The predicted molar refractivity (Wildman–Crippen MR) is 69.4 cm³/mol. The van der Waals surface area contributed by atoms with Crippen LogP contribution >= 0.6 is 0 Å². The molecule has 0 saturated carbocycles. The molecule has 0 aliphatic carbocycles. The van der Waals surface area contributed by atoms with Crippen molar-refractivity contribution < 1.29 is 19.1 Å². The largest absolute Gasteiger partial charge is 0.469 e. The average Bonchev–Trinajstić information content (AvgIpc) is 2.96. The second kappa shape index (κ2) is 5.33. The minimum Gasteiger partial charge on any atom is -0.469 e. The van der Waals surface area contributed by atoms with Gasteiger partial charge in [-0.1, -0.05) is 6.08 Å². The van der Waals surface area contributed by atoms with Crippen molar-refractivity contribution in [2.24, 2.45) is 5.92 Å². The SMILES string of the molecule is C=CC[C@H]1[C@@H](C(=O)OC)C[C@@]2(C(=O)OC)CCCN12. The summed E-state index contributed by atoms with van der Waals surface area (Å²) in [5, 5.41) is 0. The van der Waals surface area contributed by atoms with Crippen LogP contribution in [0.1, 0.15) is 25.7 Å². The van der Waals surface area contributed by atoms with E-state index in [-0.39, 0.29) is 23.9 Å². The van der Waals surface area contributed by atoms with Gasteiger partial charge in [-0.25, -0.2) is 0 Å². The molecule has 0 amide bonds. The van der Waals surface area contributed by atoms with Gasteiger partial charge in [-0.3, -0.25) is 14.5 Å². The maximum Gasteiger partial charge on any atom is 0.326 e. The number of carbonyl (C=O) groups excluding carboxylic acids is 2. The van der Waals surface area contributed by atoms with Gasteiger partial charge in [0.1, 0.15) is 5.54 Å². The van der Waals surface area contributed by atoms with E-state index in [0.717, 1.165) is 19.4 Å². The van der Waals surface area contributed by atoms with Crippen LogP contribution in [-0.2, 0) is 19.1 Å². The number of hydrogen-bond donors (Lipinski definition) is 0. The van der Waals surface area contributed by atoms with Gasteiger partial charge in [0.05, 0.1) is 20.1 Å². The minimum atomic E-state index is -0.638. The summed E-state index contributed by atoms with van der Waals surface area (Å²) in [6.45, 7) is 4.57. The molecule has 0 N–H and O–H groups in total. The van der Waals surface area contributed by atoms with Crippen LogP contribution in [0.15, 0.2) is 12.7 Å². The first kappa shape index (κ1) is 14.1. The normalized spacial score (nSPS) is 33.8. The standard InChI is InChI=1S/C14H21NO4/c1-4-6-11-10(12(16)18-2)9-14(13(17)19-3)7-5-8-15(11)14/h4,10-11H,1,5-9H2,2-3H3/t10-,11-,14+/m0/s1. The van der Waals surface area contributed by atoms with Gasteiger partial charge in [0.15, 0.2) is 0 Å². The van der Waals surface area contributed by atoms with E-state index in [4.69, 9.17) is 9.47 Å². The summed E-state index contributed by atoms with van der Waals surface area (Å²) in [7, 11) is 2.79. The highest BCUT2D eigenvalue weighted by molar-refractivity contribution is 5.84. The first-order valence-electron chi connectivity index (χ1n) is 6.64. The zero-order chi connectivity index (χ0) is 14.0. The van der Waals surface area contributed by atoms with Crippen LogP contribution in [0.2, 0.25) is 0 Å². The van der Waals surface area contributed by atoms with Crippen LogP contribution < -0.4 is 0 Å². The molecule has 3 atom stereocenters. The molecule has 0 bridgehead atoms. The molecule has 5 heteroatoms. The van der Waals surface area contributed by atoms with Crippen molar-refractivity contribution in [1.82, 2.24) is 4.90 Å². The molecule has 2 rings (SSSR count). The van der Waals surface area contributed by atoms with Crippen molar-refractivity contribution in [3.8, 4) is 0 Å². The summed E-state index contributed by atoms with van der Waals surface area (Å²) >= 11 is 0. The van der Waals surface area contributed by atoms with Crippen molar-refractivity contribution in [3.05, 3.63) is 12.7 Å². The number of esters is 2. The van der Waals surface area contributed by atoms with Crippen molar-refractivity contribution in [2.45, 2.75) is 37.3 Å². The minimum absolute atomic E-state index is 0.00782. The Kier molecular flexibility index (Phi) is 3.94. The molecular formula is C14H21NO4. The van der Waals surface area contributed by atoms with Gasteiger partial charge in [-0.15, -0.1) is 6.58 Å². The Morgan fingerprint density at radius 3 is 2.74 bits per heavy atom. The number of fused-ring (bicyclic) bond motifs is 1. The molecule has 2 saturated heterocycles. The van der Waals surface area contributed by atoms with E-state index >= 15 is 0 Å². The van der Waals surface area contributed by atoms with E-state index in [1.807, 2.05) is 0 Å². The maximum atomic E-state index is 12.2. The van der Waals surface area contributed by atoms with E-state index in [1.165, 1.54) is 14.2 Å². The van der Waals surface area contributed by atoms with Crippen LogP contribution in [0.25, 0.3) is 0 Å². The Bertz CT molecular complexity index is 395. The maximum absolute atomic E-state index is 12.2. The highest BCUT2D eigenvalue weighted by atomic mass is 16.5. The molecule has 5 nitrogen and oxygen atoms in total. The molecule has 0 spiro atoms. The van der Waals surface area contributed by atoms with E-state index < -0.39 is 5.54 Å². The van der Waals surface area contributed by atoms with Crippen molar-refractivity contribution in [2.75, 3.05) is 20.8 Å². The van der Waals surface area contributed by atoms with Gasteiger partial charge >= 0.3 is 11.9 Å². The van der Waals surface area contributed by atoms with Gasteiger partial charge in [-0.05, 0) is 32.2 Å². The molecule has 2 fully saturated rings. The number of methoxy groups -OCH3 is 2. The van der Waals surface area contributed by atoms with Gasteiger partial charge in [0, 0.05) is 6.04 Å². The second-order valence-corrected chi connectivity index (χ2v) is 5.25. The van der Waals surface area contributed by atoms with Gasteiger partial charge in [0.25, 0.3) is 0 Å². The molecule has 2 aliphatic heterocycles. The first-order valence-corrected chi connectivity index (χ1v) is 6.64. The van der Waals surface area contributed by atoms with Crippen LogP contribution in [0.4, 0.5) is 0 Å². The average molecular weight is 267 g/mol. The van der Waals surface area contributed by atoms with Gasteiger partial charge < -0.3 is 9.47 Å². The van der Waals surface area contributed by atoms with Crippen molar-refractivity contribution in [3.63, 3.8) is 0 Å². The third-order valence-electron chi connectivity index (χ3n) is 4.44. The van der Waals surface area contributed by atoms with E-state index in [2.05, 4.69) is 11.5 Å². The smallest absolute Gasteiger partial charge is 0.326 e. The number of hydrogen-bond acceptors (Lipinski definition) is 5. The third-order valence-corrected chi connectivity index (χ3v) is 4.44. The lowest BCUT2D eigenvalue weighted by Crippen LogP contribution is -2.49. The lowest BCUT2D eigenvalue weighted by atomic mass is 9.88. The summed E-state index contributed by atoms with van der Waals surface area (Å²) < 4.78 is 9.85. The Labute approximate surface area is 113 Å². The number of nitrogens with zero attached hydrogens (tertiary/aromatic N) is 1. The Morgan fingerprint density at radius 2 is 2.16 bits per heavy atom. The van der Waals surface area contributed by atoms with Crippen LogP contribution in [-0.4, -0.2) is 49.2 Å². The summed E-state index contributed by atoms with van der Waals surface area (Å²) in [4.78, 5) is 26.3. The third kappa shape index (κ3) is 2.06. The quantitative estimate of drug-likeness (QED) is 0.564. The van der Waals surface area contributed by atoms with Crippen LogP contribution in [0.5, 0.6) is 0 Å². The summed E-state index contributed by atoms with van der Waals surface area (Å²) in [5.41, 5.74) is -0.638. The molecule has 0 aromatic carbocycles. The van der Waals surface area contributed by atoms with Crippen LogP contribution in [0, 0.1) is 5.92 Å². The monoisotopic (exact) mass is 267 g/mol. The summed E-state index contributed by atoms with van der Waals surface area (Å²) in [6, 6.07) is -0.00782. The molecule has 106 valence electrons. The molecule has 0 aromatic rings. The highest BCUT2D eigenvalue weighted by Crippen LogP contribution is 2.47. The summed E-state index contributed by atoms with van der Waals surface area (Å²) in [5.74, 6) is -0.752. The Hall–Kier alpha value is -1.36. The number of ether oxygens (including phenoxy) is 2. The lowest BCUT2D eigenvalue weighted by Gasteiger charge is -2.32. The first-order chi connectivity index (χ1) is 9.10. The highest BCUT2D eigenvalue weighted by Gasteiger charge is 2.60. The van der Waals surface area contributed by atoms with Crippen LogP contribution in [0.3, 0.4) is 0 Å². The zero-order valence-corrected chi connectivity index (χ0v) is 11.6. The zero-order valence-electron chi connectivity index (χ0n) is 11.6. The number of carbonyl (C=O) groups is 2. The van der Waals surface area contributed by atoms with E-state index in [1.54, 1.807) is 6.08 Å². The van der Waals surface area contributed by atoms with Gasteiger partial charge in [0.2, 0.25) is 0 Å². The lowest BCUT2D eigenvalue weighted by molar-refractivity contribution is -0.152. The molecule has 2 aliphatic rings. The molecule has 0 radical (unpaired) electrons. The molecule has 0 unspecified atom stereocenters. The topological polar surface area (TPSA) is 55.8 Å². The fourth-order valence-electron chi connectivity index (χ4n) is 3.67. The molecule has 19 heavy (non-hydrogen) atoms. The van der Waals surface area contributed by atoms with Gasteiger partial charge in [-0.2, -0.15) is 0 Å². The van der Waals surface area contributed by atoms with Crippen molar-refractivity contribution in [1.29, 1.82) is 0 Å². The second-order valence-electron chi connectivity index (χ2n) is 5.25. The van der Waals surface area contributed by atoms with E-state index in [0.29, 0.717) is 12.8 Å². The molecule has 2 heterocycles. The molecular weight excluding hydrogens is 246 g/mol. The number of rotatable bonds is 4.